The second kappa shape index (κ2) is 7.49. The molecule has 0 bridgehead atoms. The van der Waals surface area contributed by atoms with Gasteiger partial charge in [-0.15, -0.1) is 10.2 Å². The summed E-state index contributed by atoms with van der Waals surface area (Å²) in [6, 6.07) is 8.25. The Hall–Kier alpha value is -2.35. The molecule has 26 heavy (non-hydrogen) atoms. The van der Waals surface area contributed by atoms with Gasteiger partial charge in [0.1, 0.15) is 0 Å². The molecule has 2 aromatic heterocycles. The van der Waals surface area contributed by atoms with E-state index in [0.29, 0.717) is 22.6 Å². The van der Waals surface area contributed by atoms with Gasteiger partial charge >= 0.3 is 0 Å². The quantitative estimate of drug-likeness (QED) is 0.522. The van der Waals surface area contributed by atoms with Gasteiger partial charge in [-0.1, -0.05) is 68.9 Å². The molecule has 3 aromatic rings. The molecule has 2 N–H and O–H groups in total. The third-order valence-corrected chi connectivity index (χ3v) is 4.91. The van der Waals surface area contributed by atoms with Crippen LogP contribution in [0.4, 0.5) is 0 Å². The molecular formula is C18H24N6OS. The van der Waals surface area contributed by atoms with Crippen LogP contribution in [0.15, 0.2) is 33.9 Å². The van der Waals surface area contributed by atoms with Crippen LogP contribution in [0.1, 0.15) is 51.4 Å². The number of thioether (sulfide) groups is 1. The van der Waals surface area contributed by atoms with Gasteiger partial charge in [-0.05, 0) is 17.4 Å². The Morgan fingerprint density at radius 3 is 2.54 bits per heavy atom. The van der Waals surface area contributed by atoms with Gasteiger partial charge in [0, 0.05) is 12.0 Å². The highest BCUT2D eigenvalue weighted by atomic mass is 32.2. The zero-order valence-electron chi connectivity index (χ0n) is 15.6. The van der Waals surface area contributed by atoms with E-state index in [1.54, 1.807) is 0 Å². The molecule has 0 saturated heterocycles. The van der Waals surface area contributed by atoms with E-state index >= 15 is 0 Å². The van der Waals surface area contributed by atoms with Crippen molar-refractivity contribution in [3.63, 3.8) is 0 Å². The Kier molecular flexibility index (Phi) is 5.31. The predicted octanol–water partition coefficient (Wildman–Crippen LogP) is 3.58. The summed E-state index contributed by atoms with van der Waals surface area (Å²) in [4.78, 5) is 4.35. The molecule has 0 amide bonds. The first-order chi connectivity index (χ1) is 12.4. The van der Waals surface area contributed by atoms with Gasteiger partial charge < -0.3 is 10.4 Å². The first-order valence-corrected chi connectivity index (χ1v) is 9.62. The lowest BCUT2D eigenvalue weighted by atomic mass is 9.87. The summed E-state index contributed by atoms with van der Waals surface area (Å²) in [6.07, 6.45) is 1.80. The van der Waals surface area contributed by atoms with Gasteiger partial charge in [-0.3, -0.25) is 0 Å². The van der Waals surface area contributed by atoms with Crippen LogP contribution in [-0.2, 0) is 17.6 Å². The number of nitrogens with zero attached hydrogens (tertiary/aromatic N) is 5. The van der Waals surface area contributed by atoms with Crippen LogP contribution in [-0.4, -0.2) is 25.0 Å². The lowest BCUT2D eigenvalue weighted by Crippen LogP contribution is -2.12. The molecule has 2 heterocycles. The third-order valence-electron chi connectivity index (χ3n) is 3.98. The number of nitrogen functional groups attached to an aromatic ring is 1. The topological polar surface area (TPSA) is 95.7 Å². The zero-order valence-corrected chi connectivity index (χ0v) is 16.4. The molecule has 0 fully saturated rings. The van der Waals surface area contributed by atoms with Gasteiger partial charge in [0.15, 0.2) is 11.6 Å². The molecule has 0 aliphatic carbocycles. The molecule has 0 saturated carbocycles. The highest BCUT2D eigenvalue weighted by molar-refractivity contribution is 7.98. The van der Waals surface area contributed by atoms with Gasteiger partial charge in [0.05, 0.1) is 5.75 Å². The van der Waals surface area contributed by atoms with E-state index in [2.05, 4.69) is 60.2 Å². The van der Waals surface area contributed by atoms with Crippen LogP contribution >= 0.6 is 11.8 Å². The number of nitrogens with two attached hydrogens (primary N) is 1. The molecule has 0 aliphatic heterocycles. The van der Waals surface area contributed by atoms with E-state index in [1.807, 2.05) is 12.1 Å². The number of benzene rings is 1. The summed E-state index contributed by atoms with van der Waals surface area (Å²) < 4.78 is 6.74. The minimum absolute atomic E-state index is 0.108. The van der Waals surface area contributed by atoms with Crippen LogP contribution in [0.3, 0.4) is 0 Å². The minimum Gasteiger partial charge on any atom is -0.338 e. The van der Waals surface area contributed by atoms with Crippen molar-refractivity contribution in [1.82, 2.24) is 25.0 Å². The van der Waals surface area contributed by atoms with Gasteiger partial charge in [0.2, 0.25) is 11.0 Å². The van der Waals surface area contributed by atoms with E-state index in [-0.39, 0.29) is 5.41 Å². The van der Waals surface area contributed by atoms with Crippen LogP contribution in [0.25, 0.3) is 11.4 Å². The second-order valence-electron chi connectivity index (χ2n) is 7.15. The highest BCUT2D eigenvalue weighted by Crippen LogP contribution is 2.27. The van der Waals surface area contributed by atoms with Crippen LogP contribution in [0.2, 0.25) is 0 Å². The summed E-state index contributed by atoms with van der Waals surface area (Å²) in [6.45, 7) is 8.64. The van der Waals surface area contributed by atoms with E-state index in [9.17, 15) is 0 Å². The van der Waals surface area contributed by atoms with Crippen LogP contribution in [0, 0.1) is 0 Å². The van der Waals surface area contributed by atoms with Crippen LogP contribution in [0.5, 0.6) is 0 Å². The Balaban J connectivity index is 1.71. The second-order valence-corrected chi connectivity index (χ2v) is 8.09. The van der Waals surface area contributed by atoms with Crippen molar-refractivity contribution in [2.75, 3.05) is 5.84 Å². The largest absolute Gasteiger partial charge is 0.338 e. The Morgan fingerprint density at radius 1 is 1.15 bits per heavy atom. The Labute approximate surface area is 157 Å². The summed E-state index contributed by atoms with van der Waals surface area (Å²) in [5.41, 5.74) is 2.30. The van der Waals surface area contributed by atoms with E-state index in [1.165, 1.54) is 22.0 Å². The molecule has 0 unspecified atom stereocenters. The SMILES string of the molecule is CCCc1noc(CSc2nnc(-c3ccc(C(C)(C)C)cc3)n2N)n1. The molecule has 0 spiro atoms. The minimum atomic E-state index is 0.108. The first kappa shape index (κ1) is 18.4. The number of aryl methyl sites for hydroxylation is 1. The fourth-order valence-electron chi connectivity index (χ4n) is 2.49. The summed E-state index contributed by atoms with van der Waals surface area (Å²) in [5.74, 6) is 8.62. The number of aromatic nitrogens is 5. The molecule has 138 valence electrons. The fourth-order valence-corrected chi connectivity index (χ4v) is 3.19. The molecule has 7 nitrogen and oxygen atoms in total. The Morgan fingerprint density at radius 2 is 1.88 bits per heavy atom. The lowest BCUT2D eigenvalue weighted by molar-refractivity contribution is 0.384. The summed E-state index contributed by atoms with van der Waals surface area (Å²) in [5, 5.41) is 13.0. The standard InChI is InChI=1S/C18H24N6OS/c1-5-6-14-20-15(25-23-14)11-26-17-22-21-16(24(17)19)12-7-9-13(10-8-12)18(2,3)4/h7-10H,5-6,11,19H2,1-4H3. The third kappa shape index (κ3) is 4.07. The fraction of sp³-hybridized carbons (Fsp3) is 0.444. The van der Waals surface area contributed by atoms with Crippen molar-refractivity contribution in [3.05, 3.63) is 41.5 Å². The van der Waals surface area contributed by atoms with E-state index < -0.39 is 0 Å². The van der Waals surface area contributed by atoms with Gasteiger partial charge in [0.25, 0.3) is 0 Å². The van der Waals surface area contributed by atoms with Gasteiger partial charge in [-0.25, -0.2) is 4.68 Å². The maximum Gasteiger partial charge on any atom is 0.237 e. The number of hydrogen-bond donors (Lipinski definition) is 1. The number of rotatable bonds is 6. The van der Waals surface area contributed by atoms with Gasteiger partial charge in [-0.2, -0.15) is 4.98 Å². The monoisotopic (exact) mass is 372 g/mol. The van der Waals surface area contributed by atoms with Crippen molar-refractivity contribution in [3.8, 4) is 11.4 Å². The predicted molar refractivity (Wildman–Crippen MR) is 102 cm³/mol. The van der Waals surface area contributed by atoms with Crippen molar-refractivity contribution in [2.45, 2.75) is 56.9 Å². The Bertz CT molecular complexity index is 863. The highest BCUT2D eigenvalue weighted by Gasteiger charge is 2.16. The zero-order chi connectivity index (χ0) is 18.7. The average molecular weight is 372 g/mol. The van der Waals surface area contributed by atoms with Crippen LogP contribution < -0.4 is 5.84 Å². The van der Waals surface area contributed by atoms with Crippen molar-refractivity contribution >= 4 is 11.8 Å². The van der Waals surface area contributed by atoms with E-state index in [4.69, 9.17) is 10.4 Å². The molecule has 3 rings (SSSR count). The first-order valence-electron chi connectivity index (χ1n) is 8.64. The molecule has 0 aliphatic rings. The maximum atomic E-state index is 6.18. The molecule has 8 heteroatoms. The molecule has 1 aromatic carbocycles. The maximum absolute atomic E-state index is 6.18. The van der Waals surface area contributed by atoms with Crippen molar-refractivity contribution in [1.29, 1.82) is 0 Å². The summed E-state index contributed by atoms with van der Waals surface area (Å²) >= 11 is 1.42. The van der Waals surface area contributed by atoms with E-state index in [0.717, 1.165) is 24.2 Å². The molecule has 0 atom stereocenters. The normalized spacial score (nSPS) is 11.8. The summed E-state index contributed by atoms with van der Waals surface area (Å²) in [7, 11) is 0. The number of hydrogen-bond acceptors (Lipinski definition) is 7. The van der Waals surface area contributed by atoms with Crippen molar-refractivity contribution in [2.24, 2.45) is 0 Å². The average Bonchev–Trinajstić information content (AvgIpc) is 3.19. The molecule has 0 radical (unpaired) electrons. The van der Waals surface area contributed by atoms with Crippen molar-refractivity contribution < 1.29 is 4.52 Å². The smallest absolute Gasteiger partial charge is 0.237 e. The molecular weight excluding hydrogens is 348 g/mol. The lowest BCUT2D eigenvalue weighted by Gasteiger charge is -2.19.